The number of fused-ring (bicyclic) bond motifs is 2. The number of benzene rings is 3. The first-order valence-corrected chi connectivity index (χ1v) is 13.9. The highest BCUT2D eigenvalue weighted by Crippen LogP contribution is 2.45. The number of carbonyl (C=O) groups excluding carboxylic acids is 1. The maximum absolute atomic E-state index is 13.1. The van der Waals surface area contributed by atoms with Gasteiger partial charge in [0, 0.05) is 22.6 Å². The second-order valence-electron chi connectivity index (χ2n) is 10.9. The Labute approximate surface area is 245 Å². The minimum absolute atomic E-state index is 0.0198. The van der Waals surface area contributed by atoms with Gasteiger partial charge in [0.1, 0.15) is 28.7 Å². The molecule has 0 saturated heterocycles. The van der Waals surface area contributed by atoms with Crippen molar-refractivity contribution in [2.45, 2.75) is 47.0 Å². The van der Waals surface area contributed by atoms with Crippen LogP contribution in [-0.4, -0.2) is 19.7 Å². The topological polar surface area (TPSA) is 117 Å². The summed E-state index contributed by atoms with van der Waals surface area (Å²) in [4.78, 5) is 13.1. The molecule has 2 heterocycles. The third kappa shape index (κ3) is 5.38. The number of hydrogen-bond donors (Lipinski definition) is 1. The van der Waals surface area contributed by atoms with Gasteiger partial charge in [-0.2, -0.15) is 5.26 Å². The summed E-state index contributed by atoms with van der Waals surface area (Å²) < 4.78 is 29.0. The van der Waals surface area contributed by atoms with Crippen molar-refractivity contribution in [1.82, 2.24) is 0 Å². The van der Waals surface area contributed by atoms with Gasteiger partial charge in [-0.1, -0.05) is 26.0 Å². The normalized spacial score (nSPS) is 14.4. The van der Waals surface area contributed by atoms with Gasteiger partial charge in [-0.05, 0) is 80.1 Å². The first-order valence-electron chi connectivity index (χ1n) is 13.9. The molecule has 4 aromatic rings. The Morgan fingerprint density at radius 3 is 2.52 bits per heavy atom. The molecule has 42 heavy (non-hydrogen) atoms. The average molecular weight is 567 g/mol. The summed E-state index contributed by atoms with van der Waals surface area (Å²) in [6.45, 7) is 10.7. The van der Waals surface area contributed by atoms with Gasteiger partial charge in [0.25, 0.3) is 0 Å². The van der Waals surface area contributed by atoms with Crippen LogP contribution in [0.15, 0.2) is 64.4 Å². The van der Waals surface area contributed by atoms with Crippen LogP contribution in [0.3, 0.4) is 0 Å². The van der Waals surface area contributed by atoms with Crippen LogP contribution >= 0.6 is 0 Å². The van der Waals surface area contributed by atoms with E-state index in [1.54, 1.807) is 25.3 Å². The Bertz CT molecular complexity index is 1760. The van der Waals surface area contributed by atoms with Crippen LogP contribution in [0.2, 0.25) is 0 Å². The van der Waals surface area contributed by atoms with E-state index < -0.39 is 11.9 Å². The van der Waals surface area contributed by atoms with E-state index in [4.69, 9.17) is 29.1 Å². The maximum atomic E-state index is 13.1. The number of furan rings is 1. The van der Waals surface area contributed by atoms with Crippen LogP contribution in [0.1, 0.15) is 64.6 Å². The standard InChI is InChI=1S/C34H34N2O6/c1-18(2)11-12-39-27-10-7-22(15-30(27)38-6)31-24-9-8-23(16-29(24)42-33(36)26(31)17-35)40-34(37)32-21(5)25-13-19(3)20(4)14-28(25)41-32/h7-10,13-16,18,31H,11-12,36H2,1-6H3. The van der Waals surface area contributed by atoms with Crippen LogP contribution < -0.4 is 24.7 Å². The molecule has 1 aromatic heterocycles. The number of methoxy groups -OCH3 is 1. The zero-order chi connectivity index (χ0) is 30.1. The molecular weight excluding hydrogens is 532 g/mol. The molecule has 1 aliphatic heterocycles. The molecular formula is C34H34N2O6. The van der Waals surface area contributed by atoms with Gasteiger partial charge in [-0.15, -0.1) is 0 Å². The van der Waals surface area contributed by atoms with E-state index in [0.717, 1.165) is 28.5 Å². The Balaban J connectivity index is 1.45. The highest BCUT2D eigenvalue weighted by atomic mass is 16.5. The van der Waals surface area contributed by atoms with E-state index in [2.05, 4.69) is 19.9 Å². The lowest BCUT2D eigenvalue weighted by Gasteiger charge is -2.27. The molecule has 8 nitrogen and oxygen atoms in total. The third-order valence-corrected chi connectivity index (χ3v) is 7.61. The molecule has 216 valence electrons. The third-order valence-electron chi connectivity index (χ3n) is 7.61. The van der Waals surface area contributed by atoms with Crippen molar-refractivity contribution >= 4 is 16.9 Å². The number of nitrogens with zero attached hydrogens (tertiary/aromatic N) is 1. The van der Waals surface area contributed by atoms with E-state index in [9.17, 15) is 10.1 Å². The Kier molecular flexibility index (Phi) is 7.86. The van der Waals surface area contributed by atoms with Crippen LogP contribution in [-0.2, 0) is 0 Å². The number of allylic oxidation sites excluding steroid dienone is 1. The molecule has 0 bridgehead atoms. The molecule has 0 fully saturated rings. The van der Waals surface area contributed by atoms with Crippen molar-refractivity contribution in [3.63, 3.8) is 0 Å². The molecule has 8 heteroatoms. The lowest BCUT2D eigenvalue weighted by Crippen LogP contribution is -2.21. The predicted octanol–water partition coefficient (Wildman–Crippen LogP) is 7.23. The van der Waals surface area contributed by atoms with Crippen LogP contribution in [0.5, 0.6) is 23.0 Å². The van der Waals surface area contributed by atoms with E-state index in [1.807, 2.05) is 51.1 Å². The first kappa shape index (κ1) is 28.6. The number of aryl methyl sites for hydroxylation is 3. The predicted molar refractivity (Wildman–Crippen MR) is 159 cm³/mol. The molecule has 0 spiro atoms. The van der Waals surface area contributed by atoms with Crippen LogP contribution in [0, 0.1) is 38.0 Å². The number of carbonyl (C=O) groups is 1. The quantitative estimate of drug-likeness (QED) is 0.175. The van der Waals surface area contributed by atoms with Crippen molar-refractivity contribution in [2.24, 2.45) is 11.7 Å². The summed E-state index contributed by atoms with van der Waals surface area (Å²) in [6.07, 6.45) is 0.915. The average Bonchev–Trinajstić information content (AvgIpc) is 3.27. The fourth-order valence-corrected chi connectivity index (χ4v) is 5.05. The van der Waals surface area contributed by atoms with E-state index >= 15 is 0 Å². The fourth-order valence-electron chi connectivity index (χ4n) is 5.05. The van der Waals surface area contributed by atoms with Crippen molar-refractivity contribution in [2.75, 3.05) is 13.7 Å². The number of hydrogen-bond acceptors (Lipinski definition) is 8. The Morgan fingerprint density at radius 2 is 1.81 bits per heavy atom. The monoisotopic (exact) mass is 566 g/mol. The van der Waals surface area contributed by atoms with Gasteiger partial charge in [-0.25, -0.2) is 4.79 Å². The Hall–Kier alpha value is -4.90. The highest BCUT2D eigenvalue weighted by molar-refractivity contribution is 5.97. The smallest absolute Gasteiger partial charge is 0.379 e. The van der Waals surface area contributed by atoms with Gasteiger partial charge in [0.15, 0.2) is 11.5 Å². The molecule has 3 aromatic carbocycles. The number of ether oxygens (including phenoxy) is 4. The maximum Gasteiger partial charge on any atom is 0.379 e. The van der Waals surface area contributed by atoms with E-state index in [-0.39, 0.29) is 23.0 Å². The number of rotatable bonds is 8. The fraction of sp³-hybridized carbons (Fsp3) is 0.294. The van der Waals surface area contributed by atoms with Gasteiger partial charge in [0.05, 0.1) is 19.6 Å². The van der Waals surface area contributed by atoms with E-state index in [0.29, 0.717) is 46.5 Å². The number of nitrogens with two attached hydrogens (primary N) is 1. The minimum Gasteiger partial charge on any atom is -0.493 e. The van der Waals surface area contributed by atoms with Crippen molar-refractivity contribution < 1.29 is 28.2 Å². The molecule has 0 radical (unpaired) electrons. The largest absolute Gasteiger partial charge is 0.493 e. The summed E-state index contributed by atoms with van der Waals surface area (Å²) in [6, 6.07) is 16.7. The van der Waals surface area contributed by atoms with Gasteiger partial charge in [0.2, 0.25) is 11.6 Å². The second-order valence-corrected chi connectivity index (χ2v) is 10.9. The molecule has 0 aliphatic carbocycles. The van der Waals surface area contributed by atoms with Crippen molar-refractivity contribution in [1.29, 1.82) is 5.26 Å². The van der Waals surface area contributed by atoms with Gasteiger partial charge < -0.3 is 29.1 Å². The summed E-state index contributed by atoms with van der Waals surface area (Å²) in [5.74, 6) is 1.30. The van der Waals surface area contributed by atoms with Gasteiger partial charge in [-0.3, -0.25) is 0 Å². The van der Waals surface area contributed by atoms with E-state index in [1.165, 1.54) is 0 Å². The lowest BCUT2D eigenvalue weighted by atomic mass is 9.83. The molecule has 1 aliphatic rings. The highest BCUT2D eigenvalue weighted by Gasteiger charge is 2.32. The summed E-state index contributed by atoms with van der Waals surface area (Å²) >= 11 is 0. The van der Waals surface area contributed by atoms with Crippen molar-refractivity contribution in [3.05, 3.63) is 93.6 Å². The molecule has 1 atom stereocenters. The molecule has 0 amide bonds. The van der Waals surface area contributed by atoms with Crippen LogP contribution in [0.25, 0.3) is 11.0 Å². The first-order chi connectivity index (χ1) is 20.1. The van der Waals surface area contributed by atoms with Crippen LogP contribution in [0.4, 0.5) is 0 Å². The SMILES string of the molecule is COc1cc(C2C(C#N)=C(N)Oc3cc(OC(=O)c4oc5cc(C)c(C)cc5c4C)ccc32)ccc1OCCC(C)C. The number of esters is 1. The van der Waals surface area contributed by atoms with Gasteiger partial charge >= 0.3 is 5.97 Å². The number of nitriles is 1. The molecule has 5 rings (SSSR count). The summed E-state index contributed by atoms with van der Waals surface area (Å²) in [7, 11) is 1.58. The molecule has 0 saturated carbocycles. The zero-order valence-corrected chi connectivity index (χ0v) is 24.7. The summed E-state index contributed by atoms with van der Waals surface area (Å²) in [5.41, 5.74) is 11.5. The Morgan fingerprint density at radius 1 is 1.05 bits per heavy atom. The zero-order valence-electron chi connectivity index (χ0n) is 24.7. The summed E-state index contributed by atoms with van der Waals surface area (Å²) in [5, 5.41) is 10.9. The second kappa shape index (κ2) is 11.5. The minimum atomic E-state index is -0.620. The molecule has 1 unspecified atom stereocenters. The van der Waals surface area contributed by atoms with Crippen molar-refractivity contribution in [3.8, 4) is 29.1 Å². The lowest BCUT2D eigenvalue weighted by molar-refractivity contribution is 0.0702. The molecule has 2 N–H and O–H groups in total.